The first-order chi connectivity index (χ1) is 9.04. The van der Waals surface area contributed by atoms with Crippen molar-refractivity contribution in [3.05, 3.63) is 50.4 Å². The van der Waals surface area contributed by atoms with Gasteiger partial charge in [0.25, 0.3) is 5.91 Å². The Bertz CT molecular complexity index is 690. The van der Waals surface area contributed by atoms with Crippen LogP contribution in [0.5, 0.6) is 0 Å². The van der Waals surface area contributed by atoms with Crippen LogP contribution in [0.4, 0.5) is 10.1 Å². The van der Waals surface area contributed by atoms with Gasteiger partial charge in [0.2, 0.25) is 0 Å². The van der Waals surface area contributed by atoms with Gasteiger partial charge >= 0.3 is 0 Å². The number of halogens is 2. The lowest BCUT2D eigenvalue weighted by Gasteiger charge is -2.06. The Labute approximate surface area is 118 Å². The van der Waals surface area contributed by atoms with Crippen molar-refractivity contribution in [3.8, 4) is 6.07 Å². The number of thiophene rings is 1. The first-order valence-corrected chi connectivity index (χ1v) is 6.54. The number of nitrogens with one attached hydrogen (secondary N) is 1. The van der Waals surface area contributed by atoms with Gasteiger partial charge in [-0.25, -0.2) is 4.39 Å². The number of nitrogens with zero attached hydrogens (tertiary/aromatic N) is 1. The molecule has 0 fully saturated rings. The number of rotatable bonds is 2. The number of benzene rings is 1. The van der Waals surface area contributed by atoms with E-state index in [-0.39, 0.29) is 11.3 Å². The quantitative estimate of drug-likeness (QED) is 0.911. The fourth-order valence-electron chi connectivity index (χ4n) is 1.50. The van der Waals surface area contributed by atoms with Crippen molar-refractivity contribution in [3.63, 3.8) is 0 Å². The Morgan fingerprint density at radius 2 is 2.26 bits per heavy atom. The predicted octanol–water partition coefficient (Wildman–Crippen LogP) is 3.97. The molecule has 0 radical (unpaired) electrons. The van der Waals surface area contributed by atoms with Crippen molar-refractivity contribution in [1.29, 1.82) is 5.26 Å². The molecule has 0 aliphatic rings. The maximum absolute atomic E-state index is 13.4. The Morgan fingerprint density at radius 3 is 2.84 bits per heavy atom. The van der Waals surface area contributed by atoms with Crippen LogP contribution in [0.15, 0.2) is 23.6 Å². The zero-order valence-electron chi connectivity index (χ0n) is 9.83. The van der Waals surface area contributed by atoms with Gasteiger partial charge in [0.15, 0.2) is 0 Å². The fourth-order valence-corrected chi connectivity index (χ4v) is 2.68. The minimum absolute atomic E-state index is 0.134. The third kappa shape index (κ3) is 2.60. The average Bonchev–Trinajstić information content (AvgIpc) is 2.70. The summed E-state index contributed by atoms with van der Waals surface area (Å²) in [4.78, 5) is 12.4. The maximum atomic E-state index is 13.4. The van der Waals surface area contributed by atoms with Gasteiger partial charge in [-0.2, -0.15) is 5.26 Å². The van der Waals surface area contributed by atoms with Crippen LogP contribution in [-0.4, -0.2) is 5.91 Å². The van der Waals surface area contributed by atoms with Crippen molar-refractivity contribution < 1.29 is 9.18 Å². The second-order valence-electron chi connectivity index (χ2n) is 3.79. The van der Waals surface area contributed by atoms with E-state index in [1.807, 2.05) is 0 Å². The summed E-state index contributed by atoms with van der Waals surface area (Å²) in [5.74, 6) is -1.13. The lowest BCUT2D eigenvalue weighted by atomic mass is 10.2. The highest BCUT2D eigenvalue weighted by atomic mass is 35.5. The van der Waals surface area contributed by atoms with Gasteiger partial charge in [-0.3, -0.25) is 4.79 Å². The number of carbonyl (C=O) groups excluding carboxylic acids is 1. The van der Waals surface area contributed by atoms with Gasteiger partial charge in [-0.1, -0.05) is 17.7 Å². The van der Waals surface area contributed by atoms with Crippen LogP contribution in [-0.2, 0) is 0 Å². The molecule has 1 heterocycles. The number of aryl methyl sites for hydroxylation is 1. The first-order valence-electron chi connectivity index (χ1n) is 5.28. The zero-order valence-corrected chi connectivity index (χ0v) is 11.4. The van der Waals surface area contributed by atoms with Crippen molar-refractivity contribution in [2.75, 3.05) is 5.32 Å². The third-order valence-electron chi connectivity index (χ3n) is 2.48. The molecule has 0 saturated carbocycles. The number of nitriles is 1. The Kier molecular flexibility index (Phi) is 3.84. The summed E-state index contributed by atoms with van der Waals surface area (Å²) < 4.78 is 13.4. The predicted molar refractivity (Wildman–Crippen MR) is 73.1 cm³/mol. The lowest BCUT2D eigenvalue weighted by molar-refractivity contribution is 0.103. The normalized spacial score (nSPS) is 10.0. The highest BCUT2D eigenvalue weighted by molar-refractivity contribution is 7.13. The molecule has 3 nitrogen and oxygen atoms in total. The summed E-state index contributed by atoms with van der Waals surface area (Å²) in [5, 5.41) is 13.5. The van der Waals surface area contributed by atoms with E-state index in [9.17, 15) is 9.18 Å². The summed E-state index contributed by atoms with van der Waals surface area (Å²) in [6.45, 7) is 1.79. The molecule has 19 heavy (non-hydrogen) atoms. The summed E-state index contributed by atoms with van der Waals surface area (Å²) in [7, 11) is 0. The van der Waals surface area contributed by atoms with E-state index in [4.69, 9.17) is 16.9 Å². The first kappa shape index (κ1) is 13.5. The molecule has 2 rings (SSSR count). The molecule has 0 aliphatic carbocycles. The van der Waals surface area contributed by atoms with E-state index < -0.39 is 11.7 Å². The number of anilines is 1. The summed E-state index contributed by atoms with van der Waals surface area (Å²) in [5.41, 5.74) is 0.742. The maximum Gasteiger partial charge on any atom is 0.267 e. The van der Waals surface area contributed by atoms with E-state index >= 15 is 0 Å². The minimum atomic E-state index is -0.672. The molecule has 6 heteroatoms. The van der Waals surface area contributed by atoms with Crippen LogP contribution < -0.4 is 5.32 Å². The van der Waals surface area contributed by atoms with Crippen molar-refractivity contribution in [2.45, 2.75) is 6.92 Å². The van der Waals surface area contributed by atoms with E-state index in [0.29, 0.717) is 9.90 Å². The van der Waals surface area contributed by atoms with Crippen molar-refractivity contribution >= 4 is 34.5 Å². The second kappa shape index (κ2) is 5.39. The SMILES string of the molecule is Cc1csc(C(=O)Nc2cccc(F)c2C#N)c1Cl. The Hall–Kier alpha value is -1.90. The van der Waals surface area contributed by atoms with Crippen LogP contribution in [0, 0.1) is 24.1 Å². The average molecular weight is 295 g/mol. The van der Waals surface area contributed by atoms with Gasteiger partial charge in [-0.15, -0.1) is 11.3 Å². The van der Waals surface area contributed by atoms with E-state index in [2.05, 4.69) is 5.32 Å². The topological polar surface area (TPSA) is 52.9 Å². The van der Waals surface area contributed by atoms with Crippen LogP contribution >= 0.6 is 22.9 Å². The Balaban J connectivity index is 2.33. The lowest BCUT2D eigenvalue weighted by Crippen LogP contribution is -2.12. The molecule has 2 aromatic rings. The van der Waals surface area contributed by atoms with Gasteiger partial charge in [0.1, 0.15) is 22.3 Å². The second-order valence-corrected chi connectivity index (χ2v) is 5.05. The standard InChI is InChI=1S/C13H8ClFN2OS/c1-7-6-19-12(11(7)14)13(18)17-10-4-2-3-9(15)8(10)5-16/h2-4,6H,1H3,(H,17,18). The molecule has 0 atom stereocenters. The largest absolute Gasteiger partial charge is 0.320 e. The van der Waals surface area contributed by atoms with Crippen molar-refractivity contribution in [2.24, 2.45) is 0 Å². The number of hydrogen-bond donors (Lipinski definition) is 1. The smallest absolute Gasteiger partial charge is 0.267 e. The Morgan fingerprint density at radius 1 is 1.53 bits per heavy atom. The van der Waals surface area contributed by atoms with E-state index in [1.165, 1.54) is 23.5 Å². The molecular weight excluding hydrogens is 287 g/mol. The molecular formula is C13H8ClFN2OS. The molecule has 0 saturated heterocycles. The van der Waals surface area contributed by atoms with Crippen LogP contribution in [0.25, 0.3) is 0 Å². The van der Waals surface area contributed by atoms with Gasteiger partial charge in [-0.05, 0) is 30.0 Å². The molecule has 0 aliphatic heterocycles. The van der Waals surface area contributed by atoms with Crippen LogP contribution in [0.2, 0.25) is 5.02 Å². The minimum Gasteiger partial charge on any atom is -0.320 e. The summed E-state index contributed by atoms with van der Waals surface area (Å²) >= 11 is 7.19. The van der Waals surface area contributed by atoms with Gasteiger partial charge in [0.05, 0.1) is 10.7 Å². The molecule has 0 bridgehead atoms. The van der Waals surface area contributed by atoms with Crippen LogP contribution in [0.3, 0.4) is 0 Å². The molecule has 0 spiro atoms. The number of hydrogen-bond acceptors (Lipinski definition) is 3. The molecule has 1 aromatic carbocycles. The molecule has 0 unspecified atom stereocenters. The van der Waals surface area contributed by atoms with Crippen LogP contribution in [0.1, 0.15) is 20.8 Å². The van der Waals surface area contributed by atoms with Gasteiger partial charge in [0, 0.05) is 0 Å². The number of amides is 1. The van der Waals surface area contributed by atoms with E-state index in [0.717, 1.165) is 11.6 Å². The molecule has 1 N–H and O–H groups in total. The summed E-state index contributed by atoms with van der Waals surface area (Å²) in [6, 6.07) is 5.77. The monoisotopic (exact) mass is 294 g/mol. The highest BCUT2D eigenvalue weighted by Crippen LogP contribution is 2.28. The molecule has 1 amide bonds. The zero-order chi connectivity index (χ0) is 14.0. The fraction of sp³-hybridized carbons (Fsp3) is 0.0769. The molecule has 1 aromatic heterocycles. The third-order valence-corrected chi connectivity index (χ3v) is 4.17. The number of carbonyl (C=O) groups is 1. The van der Waals surface area contributed by atoms with E-state index in [1.54, 1.807) is 18.4 Å². The molecule has 96 valence electrons. The summed E-state index contributed by atoms with van der Waals surface area (Å²) in [6.07, 6.45) is 0. The highest BCUT2D eigenvalue weighted by Gasteiger charge is 2.17. The van der Waals surface area contributed by atoms with Gasteiger partial charge < -0.3 is 5.32 Å². The van der Waals surface area contributed by atoms with Crippen molar-refractivity contribution in [1.82, 2.24) is 0 Å².